The fourth-order valence-electron chi connectivity index (χ4n) is 3.06. The van der Waals surface area contributed by atoms with E-state index >= 15 is 0 Å². The van der Waals surface area contributed by atoms with Gasteiger partial charge in [-0.15, -0.1) is 20.4 Å². The molecule has 0 unspecified atom stereocenters. The Morgan fingerprint density at radius 2 is 1.85 bits per heavy atom. The number of rotatable bonds is 8. The smallest absolute Gasteiger partial charge is 0.242 e. The number of hydrogen-bond donors (Lipinski definition) is 0. The second-order valence-corrected chi connectivity index (χ2v) is 10.3. The first-order valence-electron chi connectivity index (χ1n) is 9.84. The summed E-state index contributed by atoms with van der Waals surface area (Å²) in [6.45, 7) is 1.73. The molecule has 0 fully saturated rings. The van der Waals surface area contributed by atoms with Crippen molar-refractivity contribution in [2.75, 3.05) is 21.2 Å². The van der Waals surface area contributed by atoms with Crippen LogP contribution in [0.25, 0.3) is 17.1 Å². The maximum absolute atomic E-state index is 12.7. The molecule has 0 N–H and O–H groups in total. The molecule has 0 radical (unpaired) electrons. The molecule has 2 aromatic carbocycles. The minimum Gasteiger partial charge on any atom is -0.497 e. The Morgan fingerprint density at radius 3 is 2.55 bits per heavy atom. The number of methoxy groups -OCH3 is 1. The summed E-state index contributed by atoms with van der Waals surface area (Å²) in [5.74, 6) is 2.51. The number of hydrogen-bond acceptors (Lipinski definition) is 9. The first-order chi connectivity index (χ1) is 15.8. The number of aromatic nitrogens is 5. The molecule has 12 heteroatoms. The zero-order valence-electron chi connectivity index (χ0n) is 18.5. The molecule has 4 rings (SSSR count). The van der Waals surface area contributed by atoms with Crippen molar-refractivity contribution in [3.05, 3.63) is 60.3 Å². The highest BCUT2D eigenvalue weighted by Crippen LogP contribution is 2.32. The summed E-state index contributed by atoms with van der Waals surface area (Å²) in [4.78, 5) is 0.167. The van der Waals surface area contributed by atoms with E-state index in [2.05, 4.69) is 20.4 Å². The Kier molecular flexibility index (Phi) is 6.49. The van der Waals surface area contributed by atoms with Gasteiger partial charge in [-0.2, -0.15) is 0 Å². The Labute approximate surface area is 195 Å². The van der Waals surface area contributed by atoms with Gasteiger partial charge in [-0.3, -0.25) is 4.57 Å². The molecule has 0 spiro atoms. The third-order valence-electron chi connectivity index (χ3n) is 4.71. The molecule has 0 saturated carbocycles. The van der Waals surface area contributed by atoms with E-state index in [-0.39, 0.29) is 4.90 Å². The summed E-state index contributed by atoms with van der Waals surface area (Å²) >= 11 is 1.38. The van der Waals surface area contributed by atoms with E-state index in [0.29, 0.717) is 39.8 Å². The Balaban J connectivity index is 1.81. The van der Waals surface area contributed by atoms with Crippen molar-refractivity contribution in [1.29, 1.82) is 0 Å². The lowest BCUT2D eigenvalue weighted by atomic mass is 10.2. The fraction of sp³-hybridized carbons (Fsp3) is 0.238. The lowest BCUT2D eigenvalue weighted by Gasteiger charge is -2.14. The summed E-state index contributed by atoms with van der Waals surface area (Å²) in [7, 11) is 0.973. The van der Waals surface area contributed by atoms with Crippen LogP contribution in [0.2, 0.25) is 0 Å². The van der Waals surface area contributed by atoms with E-state index in [4.69, 9.17) is 9.15 Å². The van der Waals surface area contributed by atoms with Crippen molar-refractivity contribution in [1.82, 2.24) is 29.3 Å². The van der Waals surface area contributed by atoms with Crippen LogP contribution < -0.4 is 4.74 Å². The molecule has 0 aliphatic rings. The van der Waals surface area contributed by atoms with Crippen LogP contribution in [0.15, 0.2) is 63.0 Å². The molecular formula is C21H22N6O4S2. The van der Waals surface area contributed by atoms with Gasteiger partial charge in [0.1, 0.15) is 5.75 Å². The normalized spacial score (nSPS) is 11.8. The molecule has 4 aromatic rings. The largest absolute Gasteiger partial charge is 0.497 e. The molecule has 10 nitrogen and oxygen atoms in total. The molecular weight excluding hydrogens is 464 g/mol. The number of sulfonamides is 1. The van der Waals surface area contributed by atoms with Gasteiger partial charge in [0.2, 0.25) is 21.8 Å². The minimum absolute atomic E-state index is 0.167. The second kappa shape index (κ2) is 9.33. The van der Waals surface area contributed by atoms with Gasteiger partial charge in [-0.1, -0.05) is 30.0 Å². The third-order valence-corrected chi connectivity index (χ3v) is 7.43. The van der Waals surface area contributed by atoms with Crippen LogP contribution in [0.4, 0.5) is 0 Å². The average molecular weight is 487 g/mol. The maximum atomic E-state index is 12.7. The maximum Gasteiger partial charge on any atom is 0.242 e. The summed E-state index contributed by atoms with van der Waals surface area (Å²) < 4.78 is 39.2. The van der Waals surface area contributed by atoms with Gasteiger partial charge in [-0.05, 0) is 24.3 Å². The second-order valence-electron chi connectivity index (χ2n) is 7.16. The minimum atomic E-state index is -3.61. The van der Waals surface area contributed by atoms with Crippen LogP contribution in [0.3, 0.4) is 0 Å². The van der Waals surface area contributed by atoms with Crippen molar-refractivity contribution in [2.24, 2.45) is 0 Å². The highest BCUT2D eigenvalue weighted by Gasteiger charge is 2.21. The molecule has 0 amide bonds. The van der Waals surface area contributed by atoms with Gasteiger partial charge in [0.25, 0.3) is 0 Å². The molecule has 0 aliphatic heterocycles. The molecule has 0 atom stereocenters. The zero-order valence-corrected chi connectivity index (χ0v) is 20.1. The topological polar surface area (TPSA) is 116 Å². The van der Waals surface area contributed by atoms with Crippen molar-refractivity contribution >= 4 is 21.8 Å². The molecule has 0 aliphatic carbocycles. The van der Waals surface area contributed by atoms with Crippen molar-refractivity contribution in [2.45, 2.75) is 22.7 Å². The quantitative estimate of drug-likeness (QED) is 0.346. The van der Waals surface area contributed by atoms with E-state index in [1.807, 2.05) is 28.8 Å². The number of benzene rings is 2. The van der Waals surface area contributed by atoms with Gasteiger partial charge in [0, 0.05) is 32.6 Å². The van der Waals surface area contributed by atoms with Gasteiger partial charge >= 0.3 is 0 Å². The Morgan fingerprint density at radius 1 is 1.06 bits per heavy atom. The average Bonchev–Trinajstić information content (AvgIpc) is 3.43. The molecule has 2 heterocycles. The SMILES string of the molecule is COc1cccc(-n2c(SCc3nnc(C)o3)nnc2-c2cccc(S(=O)(=O)N(C)C)c2)c1. The van der Waals surface area contributed by atoms with Crippen LogP contribution in [0, 0.1) is 6.92 Å². The third kappa shape index (κ3) is 4.77. The van der Waals surface area contributed by atoms with Gasteiger partial charge in [0.15, 0.2) is 11.0 Å². The molecule has 2 aromatic heterocycles. The van der Waals surface area contributed by atoms with Crippen LogP contribution in [-0.4, -0.2) is 58.9 Å². The zero-order chi connectivity index (χ0) is 23.6. The van der Waals surface area contributed by atoms with E-state index in [1.54, 1.807) is 38.3 Å². The number of nitrogens with zero attached hydrogens (tertiary/aromatic N) is 6. The van der Waals surface area contributed by atoms with Gasteiger partial charge in [0.05, 0.1) is 23.4 Å². The van der Waals surface area contributed by atoms with E-state index in [9.17, 15) is 8.42 Å². The number of ether oxygens (including phenoxy) is 1. The van der Waals surface area contributed by atoms with Crippen molar-refractivity contribution in [3.8, 4) is 22.8 Å². The monoisotopic (exact) mass is 486 g/mol. The van der Waals surface area contributed by atoms with Crippen LogP contribution in [0.1, 0.15) is 11.8 Å². The summed E-state index contributed by atoms with van der Waals surface area (Å²) in [5.41, 5.74) is 1.37. The Hall–Kier alpha value is -3.22. The predicted octanol–water partition coefficient (Wildman–Crippen LogP) is 3.18. The first-order valence-corrected chi connectivity index (χ1v) is 12.3. The van der Waals surface area contributed by atoms with E-state index in [1.165, 1.54) is 30.2 Å². The van der Waals surface area contributed by atoms with Gasteiger partial charge in [-0.25, -0.2) is 12.7 Å². The van der Waals surface area contributed by atoms with Crippen molar-refractivity contribution in [3.63, 3.8) is 0 Å². The fourth-order valence-corrected chi connectivity index (χ4v) is 4.80. The van der Waals surface area contributed by atoms with Crippen molar-refractivity contribution < 1.29 is 17.6 Å². The highest BCUT2D eigenvalue weighted by molar-refractivity contribution is 7.98. The van der Waals surface area contributed by atoms with Crippen LogP contribution >= 0.6 is 11.8 Å². The molecule has 33 heavy (non-hydrogen) atoms. The lowest BCUT2D eigenvalue weighted by Crippen LogP contribution is -2.22. The predicted molar refractivity (Wildman–Crippen MR) is 123 cm³/mol. The first kappa shape index (κ1) is 23.0. The van der Waals surface area contributed by atoms with Crippen LogP contribution in [-0.2, 0) is 15.8 Å². The van der Waals surface area contributed by atoms with Gasteiger partial charge < -0.3 is 9.15 Å². The number of thioether (sulfide) groups is 1. The number of aryl methyl sites for hydroxylation is 1. The van der Waals surface area contributed by atoms with E-state index in [0.717, 1.165) is 5.69 Å². The molecule has 0 saturated heterocycles. The summed E-state index contributed by atoms with van der Waals surface area (Å²) in [5, 5.41) is 17.2. The Bertz CT molecular complexity index is 1380. The van der Waals surface area contributed by atoms with Crippen LogP contribution in [0.5, 0.6) is 5.75 Å². The highest BCUT2D eigenvalue weighted by atomic mass is 32.2. The van der Waals surface area contributed by atoms with E-state index < -0.39 is 10.0 Å². The lowest BCUT2D eigenvalue weighted by molar-refractivity contribution is 0.414. The standard InChI is InChI=1S/C21H22N6O4S2/c1-14-22-23-19(31-14)13-32-21-25-24-20(27(21)16-8-6-9-17(12-16)30-4)15-7-5-10-18(11-15)33(28,29)26(2)3/h5-12H,13H2,1-4H3. The summed E-state index contributed by atoms with van der Waals surface area (Å²) in [6.07, 6.45) is 0. The summed E-state index contributed by atoms with van der Waals surface area (Å²) in [6, 6.07) is 14.1. The molecule has 172 valence electrons. The molecule has 0 bridgehead atoms.